The highest BCUT2D eigenvalue weighted by Crippen LogP contribution is 2.30. The summed E-state index contributed by atoms with van der Waals surface area (Å²) in [6.07, 6.45) is -2.82. The number of carbonyl (C=O) groups is 4. The summed E-state index contributed by atoms with van der Waals surface area (Å²) in [5.74, 6) is -5.30. The fourth-order valence-corrected chi connectivity index (χ4v) is 5.30. The molecule has 2 aliphatic rings. The van der Waals surface area contributed by atoms with Crippen LogP contribution < -0.4 is 21.3 Å². The summed E-state index contributed by atoms with van der Waals surface area (Å²) in [7, 11) is 0. The normalized spacial score (nSPS) is 14.6. The summed E-state index contributed by atoms with van der Waals surface area (Å²) >= 11 is 6.36. The highest BCUT2D eigenvalue weighted by atomic mass is 35.5. The van der Waals surface area contributed by atoms with Crippen LogP contribution in [0.25, 0.3) is 0 Å². The topological polar surface area (TPSA) is 199 Å². The molecular weight excluding hydrogens is 785 g/mol. The van der Waals surface area contributed by atoms with E-state index in [0.717, 1.165) is 22.5 Å². The Kier molecular flexibility index (Phi) is 14.0. The Morgan fingerprint density at radius 2 is 1.54 bits per heavy atom. The molecular formula is C34H30ClF7N8O6. The van der Waals surface area contributed by atoms with E-state index in [1.165, 1.54) is 18.3 Å². The number of para-hydroxylation sites is 1. The summed E-state index contributed by atoms with van der Waals surface area (Å²) in [5, 5.41) is 26.7. The Labute approximate surface area is 317 Å². The number of anilines is 6. The molecule has 2 aliphatic heterocycles. The molecule has 0 radical (unpaired) electrons. The van der Waals surface area contributed by atoms with Crippen molar-refractivity contribution >= 4 is 70.0 Å². The molecule has 0 unspecified atom stereocenters. The number of hydrogen-bond donors (Lipinski definition) is 6. The van der Waals surface area contributed by atoms with Crippen LogP contribution in [0.4, 0.5) is 70.0 Å². The maximum Gasteiger partial charge on any atom is 0.490 e. The number of carbonyl (C=O) groups excluding carboxylic acids is 2. The minimum Gasteiger partial charge on any atom is -0.475 e. The molecule has 1 fully saturated rings. The first kappa shape index (κ1) is 42.5. The number of amides is 3. The highest BCUT2D eigenvalue weighted by molar-refractivity contribution is 6.32. The van der Waals surface area contributed by atoms with Gasteiger partial charge < -0.3 is 36.4 Å². The second-order valence-electron chi connectivity index (χ2n) is 12.0. The number of urea groups is 1. The van der Waals surface area contributed by atoms with Gasteiger partial charge in [-0.3, -0.25) is 9.78 Å². The van der Waals surface area contributed by atoms with Gasteiger partial charge in [0.15, 0.2) is 5.82 Å². The average Bonchev–Trinajstić information content (AvgIpc) is 3.59. The molecule has 298 valence electrons. The van der Waals surface area contributed by atoms with Crippen LogP contribution in [-0.4, -0.2) is 79.4 Å². The Morgan fingerprint density at radius 3 is 2.20 bits per heavy atom. The zero-order valence-electron chi connectivity index (χ0n) is 28.5. The number of alkyl halides is 6. The minimum atomic E-state index is -5.08. The zero-order valence-corrected chi connectivity index (χ0v) is 29.3. The number of nitrogens with one attached hydrogen (secondary N) is 4. The molecule has 0 saturated carbocycles. The number of fused-ring (bicyclic) bond motifs is 6. The lowest BCUT2D eigenvalue weighted by molar-refractivity contribution is -0.193. The molecule has 4 aromatic rings. The van der Waals surface area contributed by atoms with Crippen LogP contribution in [0.3, 0.4) is 0 Å². The van der Waals surface area contributed by atoms with Crippen molar-refractivity contribution in [2.24, 2.45) is 5.92 Å². The van der Waals surface area contributed by atoms with Gasteiger partial charge in [-0.05, 0) is 72.7 Å². The van der Waals surface area contributed by atoms with Gasteiger partial charge in [0.05, 0.1) is 23.8 Å². The largest absolute Gasteiger partial charge is 0.490 e. The number of aliphatic carboxylic acids is 2. The minimum absolute atomic E-state index is 0.00205. The third kappa shape index (κ3) is 12.7. The van der Waals surface area contributed by atoms with Crippen LogP contribution in [-0.2, 0) is 27.2 Å². The number of halogens is 8. The van der Waals surface area contributed by atoms with E-state index >= 15 is 0 Å². The molecule has 0 spiro atoms. The van der Waals surface area contributed by atoms with Gasteiger partial charge in [-0.25, -0.2) is 23.8 Å². The number of carboxylic acids is 2. The fraction of sp³-hybridized carbons (Fsp3) is 0.265. The first-order valence-electron chi connectivity index (χ1n) is 16.1. The van der Waals surface area contributed by atoms with Gasteiger partial charge in [-0.1, -0.05) is 23.7 Å². The van der Waals surface area contributed by atoms with Crippen molar-refractivity contribution in [2.45, 2.75) is 38.0 Å². The number of pyridine rings is 1. The lowest BCUT2D eigenvalue weighted by Crippen LogP contribution is -2.33. The molecule has 2 aromatic heterocycles. The molecule has 6 bridgehead atoms. The molecule has 3 amide bonds. The predicted molar refractivity (Wildman–Crippen MR) is 187 cm³/mol. The number of aryl methyl sites for hydroxylation is 2. The monoisotopic (exact) mass is 814 g/mol. The smallest absolute Gasteiger partial charge is 0.475 e. The molecule has 22 heteroatoms. The average molecular weight is 815 g/mol. The summed E-state index contributed by atoms with van der Waals surface area (Å²) in [5.41, 5.74) is 4.33. The van der Waals surface area contributed by atoms with Crippen LogP contribution in [0.2, 0.25) is 5.02 Å². The summed E-state index contributed by atoms with van der Waals surface area (Å²) < 4.78 is 77.4. The van der Waals surface area contributed by atoms with Crippen molar-refractivity contribution < 1.29 is 60.1 Å². The van der Waals surface area contributed by atoms with E-state index in [2.05, 4.69) is 36.2 Å². The van der Waals surface area contributed by atoms with E-state index in [4.69, 9.17) is 31.4 Å². The zero-order chi connectivity index (χ0) is 41.2. The number of rotatable bonds is 4. The van der Waals surface area contributed by atoms with Gasteiger partial charge in [0, 0.05) is 37.1 Å². The second kappa shape index (κ2) is 18.4. The van der Waals surface area contributed by atoms with Gasteiger partial charge in [-0.2, -0.15) is 31.3 Å². The Hall–Kier alpha value is -6.25. The van der Waals surface area contributed by atoms with Crippen LogP contribution in [0, 0.1) is 11.7 Å². The van der Waals surface area contributed by atoms with Crippen molar-refractivity contribution in [3.8, 4) is 0 Å². The number of aromatic nitrogens is 3. The van der Waals surface area contributed by atoms with Crippen molar-refractivity contribution in [2.75, 3.05) is 34.4 Å². The number of benzene rings is 2. The van der Waals surface area contributed by atoms with Crippen molar-refractivity contribution in [1.29, 1.82) is 0 Å². The predicted octanol–water partition coefficient (Wildman–Crippen LogP) is 7.40. The number of hydrogen-bond acceptors (Lipinski definition) is 9. The van der Waals surface area contributed by atoms with Crippen LogP contribution in [0.1, 0.15) is 24.0 Å². The third-order valence-electron chi connectivity index (χ3n) is 7.77. The van der Waals surface area contributed by atoms with Gasteiger partial charge >= 0.3 is 30.3 Å². The van der Waals surface area contributed by atoms with Gasteiger partial charge in [0.2, 0.25) is 11.9 Å². The van der Waals surface area contributed by atoms with Gasteiger partial charge in [0.1, 0.15) is 10.8 Å². The number of likely N-dealkylation sites (tertiary alicyclic amines) is 1. The first-order valence-corrected chi connectivity index (χ1v) is 16.5. The lowest BCUT2D eigenvalue weighted by Gasteiger charge is -2.18. The molecule has 56 heavy (non-hydrogen) atoms. The second-order valence-corrected chi connectivity index (χ2v) is 12.4. The van der Waals surface area contributed by atoms with Crippen molar-refractivity contribution in [3.63, 3.8) is 0 Å². The SMILES string of the molecule is O=C(C[C@@H]1CCN(C(=O)Nc2ccccc2F)C1)Nc1ccc2cc1CCc1cncc(c1)Nc1ncc(Cl)c(n1)N2.O=C(O)C(F)(F)F.O=C(O)C(F)(F)F. The number of carboxylic acid groups (broad SMARTS) is 2. The fourth-order valence-electron chi connectivity index (χ4n) is 5.16. The highest BCUT2D eigenvalue weighted by Gasteiger charge is 2.39. The maximum atomic E-state index is 13.9. The van der Waals surface area contributed by atoms with E-state index in [-0.39, 0.29) is 30.0 Å². The van der Waals surface area contributed by atoms with Gasteiger partial charge in [-0.15, -0.1) is 0 Å². The maximum absolute atomic E-state index is 13.9. The van der Waals surface area contributed by atoms with E-state index in [9.17, 15) is 40.3 Å². The van der Waals surface area contributed by atoms with E-state index in [1.54, 1.807) is 23.2 Å². The van der Waals surface area contributed by atoms with E-state index < -0.39 is 30.1 Å². The van der Waals surface area contributed by atoms with E-state index in [0.29, 0.717) is 54.8 Å². The summed E-state index contributed by atoms with van der Waals surface area (Å²) in [6, 6.07) is 13.4. The summed E-state index contributed by atoms with van der Waals surface area (Å²) in [6.45, 7) is 0.918. The third-order valence-corrected chi connectivity index (χ3v) is 8.04. The molecule has 1 atom stereocenters. The van der Waals surface area contributed by atoms with Crippen LogP contribution >= 0.6 is 11.6 Å². The van der Waals surface area contributed by atoms with Crippen LogP contribution in [0.5, 0.6) is 0 Å². The molecule has 6 rings (SSSR count). The molecule has 1 saturated heterocycles. The Bertz CT molecular complexity index is 2050. The molecule has 6 N–H and O–H groups in total. The Balaban J connectivity index is 0.000000425. The van der Waals surface area contributed by atoms with E-state index in [1.807, 2.05) is 30.5 Å². The lowest BCUT2D eigenvalue weighted by atomic mass is 10.0. The molecule has 0 aliphatic carbocycles. The first-order chi connectivity index (χ1) is 26.3. The quantitative estimate of drug-likeness (QED) is 0.112. The molecule has 4 heterocycles. The van der Waals surface area contributed by atoms with Gasteiger partial charge in [0.25, 0.3) is 0 Å². The summed E-state index contributed by atoms with van der Waals surface area (Å²) in [4.78, 5) is 58.3. The standard InChI is InChI=1S/C30H28ClFN8O2.2C2HF3O2/c31-23-16-34-29-36-22-11-18(14-33-15-22)5-6-20-13-21(35-28(23)39-29)7-8-25(20)37-27(41)12-19-9-10-40(17-19)30(42)38-26-4-2-1-3-24(26)32;2*3-2(4,5)1(6)7/h1-4,7-8,11,13-16,19H,5-6,9-10,12,17H2,(H,37,41)(H,38,42)(H2,34,35,36,39);2*(H,6,7)/t19-;;/m0../s1. The van der Waals surface area contributed by atoms with Crippen molar-refractivity contribution in [3.05, 3.63) is 89.1 Å². The Morgan fingerprint density at radius 1 is 0.857 bits per heavy atom. The van der Waals surface area contributed by atoms with Crippen LogP contribution in [0.15, 0.2) is 67.1 Å². The molecule has 14 nitrogen and oxygen atoms in total. The molecule has 2 aromatic carbocycles. The van der Waals surface area contributed by atoms with Crippen molar-refractivity contribution in [1.82, 2.24) is 19.9 Å². The number of nitrogens with zero attached hydrogens (tertiary/aromatic N) is 4.